The van der Waals surface area contributed by atoms with E-state index >= 15 is 0 Å². The number of rotatable bonds is 2. The molecular weight excluding hydrogens is 152 g/mol. The fraction of sp³-hybridized carbons (Fsp3) is 0.571. The maximum Gasteiger partial charge on any atom is 0.316 e. The Morgan fingerprint density at radius 2 is 2.00 bits per heavy atom. The van der Waals surface area contributed by atoms with Gasteiger partial charge in [-0.1, -0.05) is 18.2 Å². The lowest BCUT2D eigenvalue weighted by atomic mass is 9.94. The van der Waals surface area contributed by atoms with E-state index < -0.39 is 5.41 Å². The van der Waals surface area contributed by atoms with Crippen LogP contribution in [0.2, 0.25) is 0 Å². The highest BCUT2D eigenvalue weighted by Gasteiger charge is 2.30. The molecule has 2 nitrogen and oxygen atoms in total. The van der Waals surface area contributed by atoms with Crippen LogP contribution >= 0.6 is 11.6 Å². The molecule has 0 saturated heterocycles. The summed E-state index contributed by atoms with van der Waals surface area (Å²) in [5.41, 5.74) is -0.781. The Balaban J connectivity index is 4.40. The van der Waals surface area contributed by atoms with Crippen molar-refractivity contribution in [3.8, 4) is 0 Å². The molecule has 0 aromatic carbocycles. The first-order valence-corrected chi connectivity index (χ1v) is 3.24. The zero-order chi connectivity index (χ0) is 8.36. The number of halogens is 1. The molecule has 0 heterocycles. The highest BCUT2D eigenvalue weighted by molar-refractivity contribution is 6.31. The number of ether oxygens (including phenoxy) is 1. The molecule has 10 heavy (non-hydrogen) atoms. The van der Waals surface area contributed by atoms with Gasteiger partial charge in [0.25, 0.3) is 0 Å². The van der Waals surface area contributed by atoms with Crippen LogP contribution in [-0.4, -0.2) is 13.1 Å². The third-order valence-corrected chi connectivity index (χ3v) is 1.85. The summed E-state index contributed by atoms with van der Waals surface area (Å²) >= 11 is 5.55. The van der Waals surface area contributed by atoms with Crippen molar-refractivity contribution in [1.29, 1.82) is 0 Å². The van der Waals surface area contributed by atoms with Crippen LogP contribution in [-0.2, 0) is 9.53 Å². The third kappa shape index (κ3) is 1.74. The van der Waals surface area contributed by atoms with Gasteiger partial charge in [0.15, 0.2) is 0 Å². The molecule has 0 fully saturated rings. The summed E-state index contributed by atoms with van der Waals surface area (Å²) in [4.78, 5) is 10.9. The van der Waals surface area contributed by atoms with Crippen molar-refractivity contribution >= 4 is 17.6 Å². The molecule has 0 aliphatic rings. The lowest BCUT2D eigenvalue weighted by Gasteiger charge is -2.19. The Hall–Kier alpha value is -0.500. The number of hydrogen-bond acceptors (Lipinski definition) is 2. The minimum absolute atomic E-state index is 0.291. The Morgan fingerprint density at radius 3 is 2.10 bits per heavy atom. The first-order valence-electron chi connectivity index (χ1n) is 2.86. The van der Waals surface area contributed by atoms with Crippen molar-refractivity contribution < 1.29 is 9.53 Å². The van der Waals surface area contributed by atoms with E-state index in [1.54, 1.807) is 13.8 Å². The Kier molecular flexibility index (Phi) is 2.91. The molecule has 0 atom stereocenters. The van der Waals surface area contributed by atoms with Crippen LogP contribution in [0.15, 0.2) is 11.6 Å². The van der Waals surface area contributed by atoms with Crippen LogP contribution in [0.1, 0.15) is 13.8 Å². The van der Waals surface area contributed by atoms with Gasteiger partial charge in [-0.2, -0.15) is 0 Å². The molecule has 0 unspecified atom stereocenters. The minimum atomic E-state index is -0.781. The van der Waals surface area contributed by atoms with Gasteiger partial charge in [0.05, 0.1) is 12.5 Å². The van der Waals surface area contributed by atoms with E-state index in [0.717, 1.165) is 0 Å². The molecule has 0 aromatic heterocycles. The summed E-state index contributed by atoms with van der Waals surface area (Å²) in [6, 6.07) is 0. The average Bonchev–Trinajstić information content (AvgIpc) is 1.86. The second kappa shape index (κ2) is 3.06. The van der Waals surface area contributed by atoms with Gasteiger partial charge in [-0.25, -0.2) is 0 Å². The minimum Gasteiger partial charge on any atom is -0.468 e. The molecule has 0 radical (unpaired) electrons. The molecule has 0 saturated carbocycles. The molecule has 0 N–H and O–H groups in total. The molecule has 0 spiro atoms. The van der Waals surface area contributed by atoms with Gasteiger partial charge in [-0.15, -0.1) is 0 Å². The van der Waals surface area contributed by atoms with Crippen LogP contribution in [0.4, 0.5) is 0 Å². The molecule has 0 amide bonds. The Bertz CT molecular complexity index is 161. The van der Waals surface area contributed by atoms with E-state index in [1.807, 2.05) is 0 Å². The van der Waals surface area contributed by atoms with Crippen molar-refractivity contribution in [2.75, 3.05) is 7.11 Å². The Labute approximate surface area is 65.8 Å². The highest BCUT2D eigenvalue weighted by atomic mass is 35.5. The van der Waals surface area contributed by atoms with Crippen LogP contribution < -0.4 is 0 Å². The maximum atomic E-state index is 10.9. The molecule has 58 valence electrons. The van der Waals surface area contributed by atoms with Gasteiger partial charge in [-0.05, 0) is 13.8 Å². The standard InChI is InChI=1S/C7H11ClO2/c1-5(8)7(2,3)6(9)10-4/h1H2,2-4H3. The second-order valence-electron chi connectivity index (χ2n) is 2.52. The zero-order valence-electron chi connectivity index (χ0n) is 6.40. The molecular formula is C7H11ClO2. The van der Waals surface area contributed by atoms with Crippen LogP contribution in [0.25, 0.3) is 0 Å². The number of methoxy groups -OCH3 is 1. The summed E-state index contributed by atoms with van der Waals surface area (Å²) in [6.45, 7) is 6.78. The lowest BCUT2D eigenvalue weighted by Crippen LogP contribution is -2.25. The van der Waals surface area contributed by atoms with Crippen LogP contribution in [0.5, 0.6) is 0 Å². The number of hydrogen-bond donors (Lipinski definition) is 0. The van der Waals surface area contributed by atoms with Gasteiger partial charge < -0.3 is 4.74 Å². The first kappa shape index (κ1) is 9.50. The van der Waals surface area contributed by atoms with Crippen molar-refractivity contribution in [2.45, 2.75) is 13.8 Å². The van der Waals surface area contributed by atoms with Crippen LogP contribution in [0.3, 0.4) is 0 Å². The van der Waals surface area contributed by atoms with Gasteiger partial charge in [0, 0.05) is 5.03 Å². The van der Waals surface area contributed by atoms with Crippen molar-refractivity contribution in [2.24, 2.45) is 5.41 Å². The van der Waals surface area contributed by atoms with E-state index in [4.69, 9.17) is 11.6 Å². The molecule has 0 bridgehead atoms. The van der Waals surface area contributed by atoms with Crippen molar-refractivity contribution in [1.82, 2.24) is 0 Å². The van der Waals surface area contributed by atoms with Crippen molar-refractivity contribution in [3.05, 3.63) is 11.6 Å². The topological polar surface area (TPSA) is 26.3 Å². The summed E-state index contributed by atoms with van der Waals surface area (Å²) in [5, 5.41) is 0.291. The van der Waals surface area contributed by atoms with E-state index in [1.165, 1.54) is 7.11 Å². The van der Waals surface area contributed by atoms with Crippen LogP contribution in [0, 0.1) is 5.41 Å². The van der Waals surface area contributed by atoms with E-state index in [-0.39, 0.29) is 5.97 Å². The molecule has 0 rings (SSSR count). The fourth-order valence-electron chi connectivity index (χ4n) is 0.366. The molecule has 0 aromatic rings. The van der Waals surface area contributed by atoms with E-state index in [0.29, 0.717) is 5.03 Å². The van der Waals surface area contributed by atoms with Gasteiger partial charge in [0.1, 0.15) is 0 Å². The number of esters is 1. The number of carbonyl (C=O) groups excluding carboxylic acids is 1. The SMILES string of the molecule is C=C(Cl)C(C)(C)C(=O)OC. The second-order valence-corrected chi connectivity index (χ2v) is 2.98. The predicted octanol–water partition coefficient (Wildman–Crippen LogP) is 1.94. The lowest BCUT2D eigenvalue weighted by molar-refractivity contribution is -0.148. The molecule has 3 heteroatoms. The van der Waals surface area contributed by atoms with Gasteiger partial charge in [-0.3, -0.25) is 4.79 Å². The Morgan fingerprint density at radius 1 is 1.60 bits per heavy atom. The predicted molar refractivity (Wildman–Crippen MR) is 40.8 cm³/mol. The van der Waals surface area contributed by atoms with E-state index in [9.17, 15) is 4.79 Å². The summed E-state index contributed by atoms with van der Waals surface area (Å²) in [7, 11) is 1.32. The highest BCUT2D eigenvalue weighted by Crippen LogP contribution is 2.28. The average molecular weight is 163 g/mol. The maximum absolute atomic E-state index is 10.9. The fourth-order valence-corrected chi connectivity index (χ4v) is 0.443. The quantitative estimate of drug-likeness (QED) is 0.580. The van der Waals surface area contributed by atoms with Gasteiger partial charge in [0.2, 0.25) is 0 Å². The molecule has 0 aliphatic heterocycles. The molecule has 0 aliphatic carbocycles. The third-order valence-electron chi connectivity index (χ3n) is 1.37. The van der Waals surface area contributed by atoms with E-state index in [2.05, 4.69) is 11.3 Å². The largest absolute Gasteiger partial charge is 0.468 e. The smallest absolute Gasteiger partial charge is 0.316 e. The zero-order valence-corrected chi connectivity index (χ0v) is 7.16. The summed E-state index contributed by atoms with van der Waals surface area (Å²) in [5.74, 6) is -0.368. The monoisotopic (exact) mass is 162 g/mol. The summed E-state index contributed by atoms with van der Waals surface area (Å²) in [6.07, 6.45) is 0. The normalized spacial score (nSPS) is 10.8. The number of carbonyl (C=O) groups is 1. The van der Waals surface area contributed by atoms with Crippen molar-refractivity contribution in [3.63, 3.8) is 0 Å². The summed E-state index contributed by atoms with van der Waals surface area (Å²) < 4.78 is 4.49. The first-order chi connectivity index (χ1) is 4.42. The van der Waals surface area contributed by atoms with Gasteiger partial charge >= 0.3 is 5.97 Å².